The first-order chi connectivity index (χ1) is 9.87. The van der Waals surface area contributed by atoms with Gasteiger partial charge in [0.25, 0.3) is 0 Å². The molecule has 1 atom stereocenters. The van der Waals surface area contributed by atoms with E-state index in [0.29, 0.717) is 17.7 Å². The number of fused-ring (bicyclic) bond motifs is 1. The molecule has 116 valence electrons. The maximum Gasteiger partial charge on any atom is 0.242 e. The fourth-order valence-corrected chi connectivity index (χ4v) is 4.15. The zero-order chi connectivity index (χ0) is 15.6. The average molecular weight is 332 g/mol. The first-order valence-corrected chi connectivity index (χ1v) is 8.58. The van der Waals surface area contributed by atoms with Gasteiger partial charge >= 0.3 is 0 Å². The van der Waals surface area contributed by atoms with E-state index in [1.165, 1.54) is 12.1 Å². The second-order valence-corrected chi connectivity index (χ2v) is 7.10. The monoisotopic (exact) mass is 331 g/mol. The number of halogens is 1. The van der Waals surface area contributed by atoms with Gasteiger partial charge in [0, 0.05) is 18.3 Å². The topological polar surface area (TPSA) is 101 Å². The first kappa shape index (κ1) is 16.2. The SMILES string of the molecule is CCCC(CN)NS(=O)(=O)c1cc2c(cc1Cl)NC(=O)C2. The van der Waals surface area contributed by atoms with Crippen LogP contribution in [0.5, 0.6) is 0 Å². The van der Waals surface area contributed by atoms with Crippen LogP contribution in [-0.4, -0.2) is 26.9 Å². The lowest BCUT2D eigenvalue weighted by atomic mass is 10.2. The van der Waals surface area contributed by atoms with E-state index in [-0.39, 0.29) is 34.8 Å². The molecule has 1 aromatic rings. The van der Waals surface area contributed by atoms with Gasteiger partial charge in [-0.05, 0) is 24.1 Å². The van der Waals surface area contributed by atoms with Crippen LogP contribution in [0.1, 0.15) is 25.3 Å². The van der Waals surface area contributed by atoms with Crippen LogP contribution < -0.4 is 15.8 Å². The standard InChI is InChI=1S/C13H18ClN3O3S/c1-2-3-9(7-15)17-21(19,20)12-4-8-5-13(18)16-11(8)6-10(12)14/h4,6,9,17H,2-3,5,7,15H2,1H3,(H,16,18). The van der Waals surface area contributed by atoms with Gasteiger partial charge in [-0.1, -0.05) is 24.9 Å². The minimum Gasteiger partial charge on any atom is -0.329 e. The highest BCUT2D eigenvalue weighted by atomic mass is 35.5. The Morgan fingerprint density at radius 2 is 2.19 bits per heavy atom. The lowest BCUT2D eigenvalue weighted by Crippen LogP contribution is -2.40. The molecule has 0 spiro atoms. The van der Waals surface area contributed by atoms with E-state index < -0.39 is 10.0 Å². The number of amides is 1. The summed E-state index contributed by atoms with van der Waals surface area (Å²) < 4.78 is 27.4. The van der Waals surface area contributed by atoms with Crippen molar-refractivity contribution in [2.45, 2.75) is 37.1 Å². The molecule has 4 N–H and O–H groups in total. The Bertz CT molecular complexity index is 661. The van der Waals surface area contributed by atoms with Gasteiger partial charge in [-0.15, -0.1) is 0 Å². The molecular weight excluding hydrogens is 314 g/mol. The third kappa shape index (κ3) is 3.55. The smallest absolute Gasteiger partial charge is 0.242 e. The average Bonchev–Trinajstić information content (AvgIpc) is 2.76. The van der Waals surface area contributed by atoms with Crippen molar-refractivity contribution in [3.05, 3.63) is 22.7 Å². The van der Waals surface area contributed by atoms with Gasteiger partial charge in [0.1, 0.15) is 4.90 Å². The van der Waals surface area contributed by atoms with Crippen molar-refractivity contribution in [1.29, 1.82) is 0 Å². The molecule has 21 heavy (non-hydrogen) atoms. The predicted molar refractivity (Wildman–Crippen MR) is 81.9 cm³/mol. The highest BCUT2D eigenvalue weighted by Crippen LogP contribution is 2.32. The van der Waals surface area contributed by atoms with Crippen molar-refractivity contribution >= 4 is 33.2 Å². The molecule has 2 rings (SSSR count). The summed E-state index contributed by atoms with van der Waals surface area (Å²) in [5.74, 6) is -0.172. The van der Waals surface area contributed by atoms with Crippen LogP contribution in [0, 0.1) is 0 Å². The molecule has 0 saturated carbocycles. The van der Waals surface area contributed by atoms with Crippen LogP contribution in [-0.2, 0) is 21.2 Å². The van der Waals surface area contributed by atoms with Gasteiger partial charge in [-0.2, -0.15) is 0 Å². The minimum absolute atomic E-state index is 0.0195. The maximum atomic E-state index is 12.4. The van der Waals surface area contributed by atoms with E-state index >= 15 is 0 Å². The molecular formula is C13H18ClN3O3S. The second-order valence-electron chi connectivity index (χ2n) is 5.01. The van der Waals surface area contributed by atoms with E-state index in [9.17, 15) is 13.2 Å². The van der Waals surface area contributed by atoms with Crippen LogP contribution in [0.2, 0.25) is 5.02 Å². The van der Waals surface area contributed by atoms with Crippen LogP contribution in [0.15, 0.2) is 17.0 Å². The number of carbonyl (C=O) groups is 1. The number of benzene rings is 1. The number of hydrogen-bond acceptors (Lipinski definition) is 4. The van der Waals surface area contributed by atoms with Crippen molar-refractivity contribution in [2.75, 3.05) is 11.9 Å². The molecule has 1 unspecified atom stereocenters. The molecule has 1 aliphatic rings. The Balaban J connectivity index is 2.33. The van der Waals surface area contributed by atoms with E-state index in [1.807, 2.05) is 6.92 Å². The van der Waals surface area contributed by atoms with Crippen LogP contribution in [0.25, 0.3) is 0 Å². The van der Waals surface area contributed by atoms with Crippen LogP contribution >= 0.6 is 11.6 Å². The van der Waals surface area contributed by atoms with Crippen molar-refractivity contribution in [3.63, 3.8) is 0 Å². The molecule has 0 radical (unpaired) electrons. The van der Waals surface area contributed by atoms with Crippen molar-refractivity contribution in [2.24, 2.45) is 5.73 Å². The van der Waals surface area contributed by atoms with E-state index in [1.54, 1.807) is 0 Å². The number of nitrogens with two attached hydrogens (primary N) is 1. The lowest BCUT2D eigenvalue weighted by molar-refractivity contribution is -0.115. The molecule has 0 bridgehead atoms. The third-order valence-electron chi connectivity index (χ3n) is 3.32. The summed E-state index contributed by atoms with van der Waals surface area (Å²) in [5, 5.41) is 2.71. The molecule has 1 amide bonds. The quantitative estimate of drug-likeness (QED) is 0.730. The highest BCUT2D eigenvalue weighted by Gasteiger charge is 2.26. The molecule has 0 fully saturated rings. The number of rotatable bonds is 6. The predicted octanol–water partition coefficient (Wildman–Crippen LogP) is 1.24. The highest BCUT2D eigenvalue weighted by molar-refractivity contribution is 7.89. The fraction of sp³-hybridized carbons (Fsp3) is 0.462. The third-order valence-corrected chi connectivity index (χ3v) is 5.30. The molecule has 1 aliphatic heterocycles. The molecule has 1 heterocycles. The van der Waals surface area contributed by atoms with Crippen molar-refractivity contribution in [3.8, 4) is 0 Å². The normalized spacial score (nSPS) is 15.7. The van der Waals surface area contributed by atoms with Crippen LogP contribution in [0.4, 0.5) is 5.69 Å². The minimum atomic E-state index is -3.76. The van der Waals surface area contributed by atoms with Gasteiger partial charge < -0.3 is 11.1 Å². The summed E-state index contributed by atoms with van der Waals surface area (Å²) in [4.78, 5) is 11.3. The number of anilines is 1. The van der Waals surface area contributed by atoms with Crippen molar-refractivity contribution in [1.82, 2.24) is 4.72 Å². The Labute approximate surface area is 129 Å². The summed E-state index contributed by atoms with van der Waals surface area (Å²) in [5.41, 5.74) is 6.77. The van der Waals surface area contributed by atoms with Crippen molar-refractivity contribution < 1.29 is 13.2 Å². The number of carbonyl (C=O) groups excluding carboxylic acids is 1. The molecule has 0 aromatic heterocycles. The van der Waals surface area contributed by atoms with Gasteiger partial charge in [0.15, 0.2) is 0 Å². The first-order valence-electron chi connectivity index (χ1n) is 6.72. The van der Waals surface area contributed by atoms with E-state index in [0.717, 1.165) is 6.42 Å². The van der Waals surface area contributed by atoms with Gasteiger partial charge in [0.05, 0.1) is 11.4 Å². The van der Waals surface area contributed by atoms with E-state index in [2.05, 4.69) is 10.0 Å². The van der Waals surface area contributed by atoms with Gasteiger partial charge in [-0.25, -0.2) is 13.1 Å². The number of hydrogen-bond donors (Lipinski definition) is 3. The molecule has 6 nitrogen and oxygen atoms in total. The Morgan fingerprint density at radius 1 is 1.48 bits per heavy atom. The summed E-state index contributed by atoms with van der Waals surface area (Å²) in [6.07, 6.45) is 1.63. The summed E-state index contributed by atoms with van der Waals surface area (Å²) in [7, 11) is -3.76. The molecule has 1 aromatic carbocycles. The maximum absolute atomic E-state index is 12.4. The molecule has 0 aliphatic carbocycles. The summed E-state index contributed by atoms with van der Waals surface area (Å²) >= 11 is 6.04. The Kier molecular flexibility index (Phi) is 4.88. The Morgan fingerprint density at radius 3 is 2.81 bits per heavy atom. The Hall–Kier alpha value is -1.15. The summed E-state index contributed by atoms with van der Waals surface area (Å²) in [6, 6.07) is 2.58. The van der Waals surface area contributed by atoms with E-state index in [4.69, 9.17) is 17.3 Å². The summed E-state index contributed by atoms with van der Waals surface area (Å²) in [6.45, 7) is 2.17. The second kappa shape index (κ2) is 6.31. The number of sulfonamides is 1. The fourth-order valence-electron chi connectivity index (χ4n) is 2.29. The molecule has 8 heteroatoms. The largest absolute Gasteiger partial charge is 0.329 e. The van der Waals surface area contributed by atoms with Gasteiger partial charge in [-0.3, -0.25) is 4.79 Å². The molecule has 0 saturated heterocycles. The zero-order valence-corrected chi connectivity index (χ0v) is 13.2. The van der Waals surface area contributed by atoms with Gasteiger partial charge in [0.2, 0.25) is 15.9 Å². The number of nitrogens with one attached hydrogen (secondary N) is 2. The lowest BCUT2D eigenvalue weighted by Gasteiger charge is -2.17. The zero-order valence-electron chi connectivity index (χ0n) is 11.6. The van der Waals surface area contributed by atoms with Crippen LogP contribution in [0.3, 0.4) is 0 Å².